The fourth-order valence-corrected chi connectivity index (χ4v) is 3.03. The Morgan fingerprint density at radius 1 is 1.00 bits per heavy atom. The molecule has 3 nitrogen and oxygen atoms in total. The molecule has 19 heavy (non-hydrogen) atoms. The molecule has 1 fully saturated rings. The van der Waals surface area contributed by atoms with Crippen LogP contribution in [0.5, 0.6) is 11.5 Å². The van der Waals surface area contributed by atoms with Crippen molar-refractivity contribution in [2.75, 3.05) is 13.2 Å². The first-order chi connectivity index (χ1) is 8.84. The van der Waals surface area contributed by atoms with Crippen molar-refractivity contribution in [3.05, 3.63) is 23.8 Å². The summed E-state index contributed by atoms with van der Waals surface area (Å²) in [4.78, 5) is 0. The van der Waals surface area contributed by atoms with Gasteiger partial charge in [0.1, 0.15) is 13.2 Å². The van der Waals surface area contributed by atoms with Crippen LogP contribution >= 0.6 is 12.4 Å². The summed E-state index contributed by atoms with van der Waals surface area (Å²) in [5.74, 6) is 2.33. The molecule has 0 bridgehead atoms. The Hall–Kier alpha value is -0.930. The first kappa shape index (κ1) is 14.5. The molecule has 0 saturated heterocycles. The minimum atomic E-state index is 0. The molecule has 4 heteroatoms. The van der Waals surface area contributed by atoms with Gasteiger partial charge in [0.05, 0.1) is 0 Å². The molecule has 0 radical (unpaired) electrons. The lowest BCUT2D eigenvalue weighted by molar-refractivity contribution is 0.171. The van der Waals surface area contributed by atoms with Gasteiger partial charge in [0, 0.05) is 6.04 Å². The van der Waals surface area contributed by atoms with E-state index in [2.05, 4.69) is 12.1 Å². The van der Waals surface area contributed by atoms with Crippen LogP contribution in [0.2, 0.25) is 0 Å². The molecule has 1 saturated carbocycles. The van der Waals surface area contributed by atoms with Gasteiger partial charge in [-0.05, 0) is 36.5 Å². The predicted octanol–water partition coefficient (Wildman–Crippen LogP) is 3.46. The quantitative estimate of drug-likeness (QED) is 0.904. The Morgan fingerprint density at radius 2 is 1.68 bits per heavy atom. The van der Waals surface area contributed by atoms with Crippen LogP contribution < -0.4 is 15.2 Å². The molecule has 0 amide bonds. The van der Waals surface area contributed by atoms with Crippen molar-refractivity contribution in [3.8, 4) is 11.5 Å². The highest BCUT2D eigenvalue weighted by Gasteiger charge is 2.23. The van der Waals surface area contributed by atoms with Gasteiger partial charge in [-0.3, -0.25) is 0 Å². The van der Waals surface area contributed by atoms with Crippen molar-refractivity contribution in [2.24, 2.45) is 11.7 Å². The second-order valence-electron chi connectivity index (χ2n) is 5.33. The molecule has 2 N–H and O–H groups in total. The number of hydrogen-bond donors (Lipinski definition) is 1. The molecular formula is C15H22ClNO2. The van der Waals surface area contributed by atoms with Gasteiger partial charge >= 0.3 is 0 Å². The van der Waals surface area contributed by atoms with E-state index in [4.69, 9.17) is 15.2 Å². The van der Waals surface area contributed by atoms with E-state index in [9.17, 15) is 0 Å². The zero-order valence-corrected chi connectivity index (χ0v) is 12.0. The average Bonchev–Trinajstić information content (AvgIpc) is 2.47. The fourth-order valence-electron chi connectivity index (χ4n) is 3.03. The van der Waals surface area contributed by atoms with Gasteiger partial charge in [-0.15, -0.1) is 12.4 Å². The molecule has 1 aromatic carbocycles. The minimum absolute atomic E-state index is 0. The Balaban J connectivity index is 0.00000133. The number of ether oxygens (including phenoxy) is 2. The van der Waals surface area contributed by atoms with Gasteiger partial charge in [-0.25, -0.2) is 0 Å². The van der Waals surface area contributed by atoms with Crippen LogP contribution in [0.15, 0.2) is 18.2 Å². The third kappa shape index (κ3) is 3.15. The first-order valence-electron chi connectivity index (χ1n) is 7.00. The Bertz CT molecular complexity index is 419. The van der Waals surface area contributed by atoms with Crippen LogP contribution in [0.3, 0.4) is 0 Å². The third-order valence-corrected chi connectivity index (χ3v) is 4.11. The van der Waals surface area contributed by atoms with Crippen molar-refractivity contribution in [2.45, 2.75) is 38.1 Å². The zero-order valence-electron chi connectivity index (χ0n) is 11.1. The lowest BCUT2D eigenvalue weighted by Crippen LogP contribution is -2.24. The molecule has 2 aliphatic rings. The minimum Gasteiger partial charge on any atom is -0.486 e. The van der Waals surface area contributed by atoms with E-state index in [-0.39, 0.29) is 18.4 Å². The number of fused-ring (bicyclic) bond motifs is 1. The molecule has 1 atom stereocenters. The van der Waals surface area contributed by atoms with Crippen molar-refractivity contribution < 1.29 is 9.47 Å². The normalized spacial score (nSPS) is 20.5. The fraction of sp³-hybridized carbons (Fsp3) is 0.600. The van der Waals surface area contributed by atoms with Gasteiger partial charge in [0.15, 0.2) is 11.5 Å². The van der Waals surface area contributed by atoms with Crippen LogP contribution in [0.1, 0.15) is 43.7 Å². The maximum atomic E-state index is 6.41. The summed E-state index contributed by atoms with van der Waals surface area (Å²) in [7, 11) is 0. The summed E-state index contributed by atoms with van der Waals surface area (Å²) < 4.78 is 11.2. The average molecular weight is 284 g/mol. The van der Waals surface area contributed by atoms with Crippen LogP contribution in [0.4, 0.5) is 0 Å². The summed E-state index contributed by atoms with van der Waals surface area (Å²) in [6.07, 6.45) is 6.53. The number of benzene rings is 1. The van der Waals surface area contributed by atoms with Gasteiger partial charge in [-0.1, -0.05) is 25.3 Å². The van der Waals surface area contributed by atoms with E-state index in [0.29, 0.717) is 19.1 Å². The molecular weight excluding hydrogens is 262 g/mol. The largest absolute Gasteiger partial charge is 0.486 e. The zero-order chi connectivity index (χ0) is 12.4. The van der Waals surface area contributed by atoms with Gasteiger partial charge in [-0.2, -0.15) is 0 Å². The van der Waals surface area contributed by atoms with E-state index in [1.54, 1.807) is 0 Å². The predicted molar refractivity (Wildman–Crippen MR) is 78.2 cm³/mol. The monoisotopic (exact) mass is 283 g/mol. The Labute approximate surface area is 120 Å². The van der Waals surface area contributed by atoms with Crippen LogP contribution in [-0.2, 0) is 0 Å². The standard InChI is InChI=1S/C15H21NO2.ClH/c16-15(11-4-2-1-3-5-11)12-6-7-13-14(10-12)18-9-8-17-13;/h6-7,10-11,15H,1-5,8-9,16H2;1H/t15-;/m0./s1. The molecule has 1 aromatic rings. The van der Waals surface area contributed by atoms with Crippen LogP contribution in [0, 0.1) is 5.92 Å². The molecule has 0 aromatic heterocycles. The van der Waals surface area contributed by atoms with Crippen molar-refractivity contribution in [1.29, 1.82) is 0 Å². The van der Waals surface area contributed by atoms with Gasteiger partial charge in [0.25, 0.3) is 0 Å². The molecule has 1 heterocycles. The molecule has 0 spiro atoms. The summed E-state index contributed by atoms with van der Waals surface area (Å²) >= 11 is 0. The molecule has 1 aliphatic heterocycles. The van der Waals surface area contributed by atoms with Crippen molar-refractivity contribution in [3.63, 3.8) is 0 Å². The molecule has 1 aliphatic carbocycles. The second kappa shape index (κ2) is 6.49. The molecule has 106 valence electrons. The van der Waals surface area contributed by atoms with E-state index in [1.165, 1.54) is 37.7 Å². The first-order valence-corrected chi connectivity index (χ1v) is 7.00. The lowest BCUT2D eigenvalue weighted by atomic mass is 9.81. The van der Waals surface area contributed by atoms with E-state index in [0.717, 1.165) is 11.5 Å². The van der Waals surface area contributed by atoms with Gasteiger partial charge < -0.3 is 15.2 Å². The number of hydrogen-bond acceptors (Lipinski definition) is 3. The maximum Gasteiger partial charge on any atom is 0.161 e. The summed E-state index contributed by atoms with van der Waals surface area (Å²) in [5, 5.41) is 0. The number of rotatable bonds is 2. The lowest BCUT2D eigenvalue weighted by Gasteiger charge is -2.28. The van der Waals surface area contributed by atoms with Crippen LogP contribution in [0.25, 0.3) is 0 Å². The highest BCUT2D eigenvalue weighted by atomic mass is 35.5. The van der Waals surface area contributed by atoms with Crippen molar-refractivity contribution in [1.82, 2.24) is 0 Å². The third-order valence-electron chi connectivity index (χ3n) is 4.11. The van der Waals surface area contributed by atoms with Crippen LogP contribution in [-0.4, -0.2) is 13.2 Å². The Morgan fingerprint density at radius 3 is 2.42 bits per heavy atom. The highest BCUT2D eigenvalue weighted by molar-refractivity contribution is 5.85. The van der Waals surface area contributed by atoms with E-state index < -0.39 is 0 Å². The molecule has 3 rings (SSSR count). The Kier molecular flexibility index (Phi) is 4.94. The number of nitrogens with two attached hydrogens (primary N) is 1. The summed E-state index contributed by atoms with van der Waals surface area (Å²) in [6.45, 7) is 1.27. The topological polar surface area (TPSA) is 44.5 Å². The smallest absolute Gasteiger partial charge is 0.161 e. The summed E-state index contributed by atoms with van der Waals surface area (Å²) in [5.41, 5.74) is 7.59. The van der Waals surface area contributed by atoms with E-state index in [1.807, 2.05) is 6.07 Å². The summed E-state index contributed by atoms with van der Waals surface area (Å²) in [6, 6.07) is 6.29. The van der Waals surface area contributed by atoms with Gasteiger partial charge in [0.2, 0.25) is 0 Å². The number of halogens is 1. The molecule has 0 unspecified atom stereocenters. The second-order valence-corrected chi connectivity index (χ2v) is 5.33. The van der Waals surface area contributed by atoms with Crippen molar-refractivity contribution >= 4 is 12.4 Å². The van der Waals surface area contributed by atoms with E-state index >= 15 is 0 Å². The SMILES string of the molecule is Cl.N[C@H](c1ccc2c(c1)OCCO2)C1CCCCC1. The highest BCUT2D eigenvalue weighted by Crippen LogP contribution is 2.37. The maximum absolute atomic E-state index is 6.41.